The van der Waals surface area contributed by atoms with E-state index in [4.69, 9.17) is 10.2 Å². The molecule has 2 N–H and O–H groups in total. The summed E-state index contributed by atoms with van der Waals surface area (Å²) in [5.41, 5.74) is 5.42. The van der Waals surface area contributed by atoms with Crippen LogP contribution in [0.5, 0.6) is 0 Å². The molecule has 0 aliphatic carbocycles. The number of nitrogens with two attached hydrogens (primary N) is 1. The van der Waals surface area contributed by atoms with Crippen molar-refractivity contribution in [1.82, 2.24) is 10.2 Å². The van der Waals surface area contributed by atoms with Crippen molar-refractivity contribution >= 4 is 6.01 Å². The average Bonchev–Trinajstić information content (AvgIpc) is 2.68. The number of nitrogens with zero attached hydrogens (tertiary/aromatic N) is 3. The molecule has 0 aromatic carbocycles. The Kier molecular flexibility index (Phi) is 4.55. The second-order valence-electron chi connectivity index (χ2n) is 3.60. The minimum Gasteiger partial charge on any atom is -0.408 e. The van der Waals surface area contributed by atoms with Crippen molar-refractivity contribution in [3.05, 3.63) is 5.89 Å². The van der Waals surface area contributed by atoms with Crippen molar-refractivity contribution in [2.24, 2.45) is 5.73 Å². The Balaban J connectivity index is 2.68. The fourth-order valence-corrected chi connectivity index (χ4v) is 1.60. The minimum atomic E-state index is 0.455. The van der Waals surface area contributed by atoms with E-state index in [9.17, 15) is 0 Å². The van der Waals surface area contributed by atoms with Crippen LogP contribution in [0.1, 0.15) is 32.6 Å². The van der Waals surface area contributed by atoms with E-state index in [0.29, 0.717) is 30.9 Å². The summed E-state index contributed by atoms with van der Waals surface area (Å²) in [6, 6.07) is 1.04. The predicted octanol–water partition coefficient (Wildman–Crippen LogP) is 1.20. The SMILES string of the molecule is CCC(CC)N(C)c1nnc(CCN)o1. The van der Waals surface area contributed by atoms with Crippen molar-refractivity contribution in [1.29, 1.82) is 0 Å². The quantitative estimate of drug-likeness (QED) is 0.767. The van der Waals surface area contributed by atoms with Crippen LogP contribution in [0.15, 0.2) is 4.42 Å². The van der Waals surface area contributed by atoms with E-state index >= 15 is 0 Å². The van der Waals surface area contributed by atoms with Gasteiger partial charge in [-0.2, -0.15) is 0 Å². The number of aromatic nitrogens is 2. The summed E-state index contributed by atoms with van der Waals surface area (Å²) in [6.07, 6.45) is 2.78. The fourth-order valence-electron chi connectivity index (χ4n) is 1.60. The van der Waals surface area contributed by atoms with Crippen LogP contribution in [-0.2, 0) is 6.42 Å². The Morgan fingerprint density at radius 1 is 1.33 bits per heavy atom. The van der Waals surface area contributed by atoms with Gasteiger partial charge in [-0.3, -0.25) is 0 Å². The van der Waals surface area contributed by atoms with Gasteiger partial charge in [-0.1, -0.05) is 18.9 Å². The van der Waals surface area contributed by atoms with Crippen molar-refractivity contribution < 1.29 is 4.42 Å². The molecule has 0 aliphatic rings. The van der Waals surface area contributed by atoms with Crippen molar-refractivity contribution in [2.45, 2.75) is 39.2 Å². The van der Waals surface area contributed by atoms with E-state index in [-0.39, 0.29) is 0 Å². The lowest BCUT2D eigenvalue weighted by Crippen LogP contribution is -2.30. The van der Waals surface area contributed by atoms with Gasteiger partial charge in [0.05, 0.1) is 0 Å². The molecule has 0 aliphatic heterocycles. The predicted molar refractivity (Wildman–Crippen MR) is 59.8 cm³/mol. The molecule has 15 heavy (non-hydrogen) atoms. The largest absolute Gasteiger partial charge is 0.408 e. The molecule has 0 amide bonds. The molecule has 0 saturated heterocycles. The summed E-state index contributed by atoms with van der Waals surface area (Å²) in [7, 11) is 1.98. The van der Waals surface area contributed by atoms with E-state index in [0.717, 1.165) is 12.8 Å². The van der Waals surface area contributed by atoms with Crippen LogP contribution in [0, 0.1) is 0 Å². The van der Waals surface area contributed by atoms with Gasteiger partial charge in [0.2, 0.25) is 5.89 Å². The average molecular weight is 212 g/mol. The highest BCUT2D eigenvalue weighted by molar-refractivity contribution is 5.24. The normalized spacial score (nSPS) is 11.0. The minimum absolute atomic E-state index is 0.455. The molecule has 0 saturated carbocycles. The lowest BCUT2D eigenvalue weighted by Gasteiger charge is -2.23. The van der Waals surface area contributed by atoms with Gasteiger partial charge >= 0.3 is 6.01 Å². The molecule has 0 fully saturated rings. The lowest BCUT2D eigenvalue weighted by molar-refractivity contribution is 0.464. The molecule has 0 bridgehead atoms. The van der Waals surface area contributed by atoms with Crippen LogP contribution in [0.4, 0.5) is 6.01 Å². The molecule has 1 aromatic heterocycles. The second-order valence-corrected chi connectivity index (χ2v) is 3.60. The highest BCUT2D eigenvalue weighted by atomic mass is 16.4. The van der Waals surface area contributed by atoms with Gasteiger partial charge in [0, 0.05) is 26.1 Å². The molecule has 1 aromatic rings. The molecule has 0 spiro atoms. The summed E-state index contributed by atoms with van der Waals surface area (Å²) >= 11 is 0. The van der Waals surface area contributed by atoms with Gasteiger partial charge in [-0.25, -0.2) is 0 Å². The van der Waals surface area contributed by atoms with Crippen LogP contribution < -0.4 is 10.6 Å². The van der Waals surface area contributed by atoms with Crippen LogP contribution in [-0.4, -0.2) is 29.8 Å². The first-order chi connectivity index (χ1) is 7.22. The van der Waals surface area contributed by atoms with Crippen LogP contribution in [0.3, 0.4) is 0 Å². The molecule has 5 nitrogen and oxygen atoms in total. The monoisotopic (exact) mass is 212 g/mol. The van der Waals surface area contributed by atoms with Gasteiger partial charge in [-0.05, 0) is 12.8 Å². The summed E-state index contributed by atoms with van der Waals surface area (Å²) in [6.45, 7) is 4.85. The van der Waals surface area contributed by atoms with Gasteiger partial charge in [0.25, 0.3) is 0 Å². The summed E-state index contributed by atoms with van der Waals surface area (Å²) in [4.78, 5) is 2.03. The molecule has 1 rings (SSSR count). The molecule has 86 valence electrons. The number of rotatable bonds is 6. The molecular formula is C10H20N4O. The Morgan fingerprint density at radius 3 is 2.53 bits per heavy atom. The number of hydrogen-bond donors (Lipinski definition) is 1. The molecule has 1 heterocycles. The summed E-state index contributed by atoms with van der Waals surface area (Å²) in [5.74, 6) is 0.616. The Morgan fingerprint density at radius 2 is 2.00 bits per heavy atom. The molecular weight excluding hydrogens is 192 g/mol. The van der Waals surface area contributed by atoms with Crippen molar-refractivity contribution in [3.8, 4) is 0 Å². The third kappa shape index (κ3) is 2.92. The maximum atomic E-state index is 5.49. The molecule has 0 unspecified atom stereocenters. The first-order valence-electron chi connectivity index (χ1n) is 5.48. The fraction of sp³-hybridized carbons (Fsp3) is 0.800. The second kappa shape index (κ2) is 5.70. The standard InChI is InChI=1S/C10H20N4O/c1-4-8(5-2)14(3)10-13-12-9(15-10)6-7-11/h8H,4-7,11H2,1-3H3. The third-order valence-electron chi connectivity index (χ3n) is 2.61. The number of anilines is 1. The molecule has 0 atom stereocenters. The Labute approximate surface area is 90.7 Å². The third-order valence-corrected chi connectivity index (χ3v) is 2.61. The highest BCUT2D eigenvalue weighted by Gasteiger charge is 2.16. The van der Waals surface area contributed by atoms with Gasteiger partial charge in [0.1, 0.15) is 0 Å². The van der Waals surface area contributed by atoms with E-state index in [1.165, 1.54) is 0 Å². The summed E-state index contributed by atoms with van der Waals surface area (Å²) in [5, 5.41) is 7.94. The maximum absolute atomic E-state index is 5.49. The van der Waals surface area contributed by atoms with Crippen LogP contribution >= 0.6 is 0 Å². The first kappa shape index (κ1) is 12.0. The van der Waals surface area contributed by atoms with E-state index in [1.54, 1.807) is 0 Å². The topological polar surface area (TPSA) is 68.2 Å². The van der Waals surface area contributed by atoms with Crippen molar-refractivity contribution in [3.63, 3.8) is 0 Å². The first-order valence-corrected chi connectivity index (χ1v) is 5.48. The Bertz CT molecular complexity index is 283. The zero-order valence-corrected chi connectivity index (χ0v) is 9.73. The van der Waals surface area contributed by atoms with Gasteiger partial charge in [-0.15, -0.1) is 5.10 Å². The van der Waals surface area contributed by atoms with Gasteiger partial charge in [0.15, 0.2) is 0 Å². The van der Waals surface area contributed by atoms with E-state index in [2.05, 4.69) is 24.0 Å². The number of hydrogen-bond acceptors (Lipinski definition) is 5. The van der Waals surface area contributed by atoms with Crippen molar-refractivity contribution in [2.75, 3.05) is 18.5 Å². The zero-order valence-electron chi connectivity index (χ0n) is 9.73. The Hall–Kier alpha value is -1.10. The van der Waals surface area contributed by atoms with Crippen LogP contribution in [0.25, 0.3) is 0 Å². The maximum Gasteiger partial charge on any atom is 0.318 e. The van der Waals surface area contributed by atoms with Crippen LogP contribution in [0.2, 0.25) is 0 Å². The molecule has 5 heteroatoms. The lowest BCUT2D eigenvalue weighted by atomic mass is 10.1. The van der Waals surface area contributed by atoms with Gasteiger partial charge < -0.3 is 15.1 Å². The van der Waals surface area contributed by atoms with E-state index < -0.39 is 0 Å². The highest BCUT2D eigenvalue weighted by Crippen LogP contribution is 2.16. The zero-order chi connectivity index (χ0) is 11.3. The smallest absolute Gasteiger partial charge is 0.318 e. The summed E-state index contributed by atoms with van der Waals surface area (Å²) < 4.78 is 5.49. The van der Waals surface area contributed by atoms with E-state index in [1.807, 2.05) is 11.9 Å². The molecule has 0 radical (unpaired) electrons.